The van der Waals surface area contributed by atoms with Crippen LogP contribution in [-0.2, 0) is 20.7 Å². The van der Waals surface area contributed by atoms with Crippen LogP contribution in [0.3, 0.4) is 0 Å². The van der Waals surface area contributed by atoms with Crippen LogP contribution in [0.1, 0.15) is 57.9 Å². The smallest absolute Gasteiger partial charge is 0.306 e. The summed E-state index contributed by atoms with van der Waals surface area (Å²) in [6.45, 7) is 5.09. The number of aliphatic imine (C=N–C) groups is 1. The molecular weight excluding hydrogens is 372 g/mol. The third-order valence-electron chi connectivity index (χ3n) is 5.45. The third kappa shape index (κ3) is 5.16. The summed E-state index contributed by atoms with van der Waals surface area (Å²) >= 11 is 1.78. The molecule has 1 aromatic carbocycles. The summed E-state index contributed by atoms with van der Waals surface area (Å²) < 4.78 is 4.99. The van der Waals surface area contributed by atoms with Crippen LogP contribution in [0.25, 0.3) is 0 Å². The fourth-order valence-electron chi connectivity index (χ4n) is 3.91. The SMILES string of the molecule is CCOC(=O)CCc1ccc(N(CC)C2=NC(=O)C3CCCCCC3S2)cc1. The Hall–Kier alpha value is -1.82. The predicted molar refractivity (Wildman–Crippen MR) is 115 cm³/mol. The van der Waals surface area contributed by atoms with Crippen molar-refractivity contribution in [2.75, 3.05) is 18.1 Å². The van der Waals surface area contributed by atoms with E-state index in [0.29, 0.717) is 24.7 Å². The summed E-state index contributed by atoms with van der Waals surface area (Å²) in [7, 11) is 0. The Kier molecular flexibility index (Phi) is 7.54. The fourth-order valence-corrected chi connectivity index (χ4v) is 5.39. The van der Waals surface area contributed by atoms with E-state index in [1.165, 1.54) is 12.8 Å². The van der Waals surface area contributed by atoms with Gasteiger partial charge in [0.1, 0.15) is 0 Å². The molecule has 1 aromatic rings. The number of esters is 1. The number of thioether (sulfide) groups is 1. The second kappa shape index (κ2) is 10.1. The van der Waals surface area contributed by atoms with Crippen LogP contribution < -0.4 is 4.90 Å². The van der Waals surface area contributed by atoms with Crippen molar-refractivity contribution in [3.63, 3.8) is 0 Å². The van der Waals surface area contributed by atoms with Gasteiger partial charge >= 0.3 is 5.97 Å². The first-order chi connectivity index (χ1) is 13.6. The molecule has 3 rings (SSSR count). The van der Waals surface area contributed by atoms with Crippen LogP contribution in [0, 0.1) is 5.92 Å². The lowest BCUT2D eigenvalue weighted by molar-refractivity contribution is -0.143. The maximum absolute atomic E-state index is 12.6. The van der Waals surface area contributed by atoms with Gasteiger partial charge in [-0.05, 0) is 50.8 Å². The summed E-state index contributed by atoms with van der Waals surface area (Å²) in [5.41, 5.74) is 2.14. The van der Waals surface area contributed by atoms with E-state index in [4.69, 9.17) is 4.74 Å². The zero-order valence-electron chi connectivity index (χ0n) is 16.9. The molecule has 6 heteroatoms. The molecule has 0 aromatic heterocycles. The Morgan fingerprint density at radius 1 is 1.18 bits per heavy atom. The zero-order valence-corrected chi connectivity index (χ0v) is 17.7. The maximum Gasteiger partial charge on any atom is 0.306 e. The van der Waals surface area contributed by atoms with Crippen LogP contribution in [0.5, 0.6) is 0 Å². The van der Waals surface area contributed by atoms with Gasteiger partial charge in [0, 0.05) is 23.9 Å². The van der Waals surface area contributed by atoms with Gasteiger partial charge in [-0.1, -0.05) is 43.2 Å². The average Bonchev–Trinajstić information content (AvgIpc) is 2.94. The lowest BCUT2D eigenvalue weighted by Gasteiger charge is -2.32. The molecule has 1 saturated carbocycles. The molecule has 28 heavy (non-hydrogen) atoms. The molecule has 152 valence electrons. The van der Waals surface area contributed by atoms with Crippen molar-refractivity contribution in [2.24, 2.45) is 10.9 Å². The number of anilines is 1. The van der Waals surface area contributed by atoms with Gasteiger partial charge < -0.3 is 9.64 Å². The van der Waals surface area contributed by atoms with E-state index < -0.39 is 0 Å². The van der Waals surface area contributed by atoms with Gasteiger partial charge in [-0.15, -0.1) is 0 Å². The Morgan fingerprint density at radius 3 is 2.64 bits per heavy atom. The molecule has 1 amide bonds. The lowest BCUT2D eigenvalue weighted by Crippen LogP contribution is -2.38. The number of carbonyl (C=O) groups excluding carboxylic acids is 2. The average molecular weight is 403 g/mol. The van der Waals surface area contributed by atoms with Crippen molar-refractivity contribution in [2.45, 2.75) is 64.0 Å². The van der Waals surface area contributed by atoms with E-state index in [0.717, 1.165) is 42.2 Å². The van der Waals surface area contributed by atoms with Crippen LogP contribution >= 0.6 is 11.8 Å². The lowest BCUT2D eigenvalue weighted by atomic mass is 9.99. The molecular formula is C22H30N2O3S. The van der Waals surface area contributed by atoms with Gasteiger partial charge in [-0.2, -0.15) is 4.99 Å². The highest BCUT2D eigenvalue weighted by Crippen LogP contribution is 2.38. The molecule has 2 aliphatic rings. The largest absolute Gasteiger partial charge is 0.466 e. The highest BCUT2D eigenvalue weighted by atomic mass is 32.2. The van der Waals surface area contributed by atoms with Crippen LogP contribution in [0.15, 0.2) is 29.3 Å². The molecule has 0 saturated heterocycles. The molecule has 5 nitrogen and oxygen atoms in total. The molecule has 1 heterocycles. The number of aryl methyl sites for hydroxylation is 1. The number of ether oxygens (including phenoxy) is 1. The number of carbonyl (C=O) groups is 2. The maximum atomic E-state index is 12.6. The standard InChI is InChI=1S/C22H30N2O3S/c1-3-24(17-13-10-16(11-14-17)12-15-20(25)27-4-2)22-23-21(26)18-8-6-5-7-9-19(18)28-22/h10-11,13-14,18-19H,3-9,12,15H2,1-2H3. The van der Waals surface area contributed by atoms with Crippen molar-refractivity contribution >= 4 is 34.5 Å². The van der Waals surface area contributed by atoms with E-state index in [9.17, 15) is 9.59 Å². The number of hydrogen-bond donors (Lipinski definition) is 0. The Labute approximate surface area is 171 Å². The predicted octanol–water partition coefficient (Wildman–Crippen LogP) is 4.59. The summed E-state index contributed by atoms with van der Waals surface area (Å²) in [5, 5.41) is 1.19. The molecule has 1 aliphatic carbocycles. The van der Waals surface area contributed by atoms with Gasteiger partial charge in [0.2, 0.25) is 0 Å². The third-order valence-corrected chi connectivity index (χ3v) is 6.84. The van der Waals surface area contributed by atoms with Gasteiger partial charge in [-0.3, -0.25) is 9.59 Å². The minimum atomic E-state index is -0.161. The van der Waals surface area contributed by atoms with Crippen molar-refractivity contribution in [3.8, 4) is 0 Å². The number of benzene rings is 1. The summed E-state index contributed by atoms with van der Waals surface area (Å²) in [4.78, 5) is 30.7. The first-order valence-corrected chi connectivity index (χ1v) is 11.3. The van der Waals surface area contributed by atoms with Gasteiger partial charge in [0.05, 0.1) is 12.5 Å². The first-order valence-electron chi connectivity index (χ1n) is 10.4. The van der Waals surface area contributed by atoms with Crippen molar-refractivity contribution in [3.05, 3.63) is 29.8 Å². The van der Waals surface area contributed by atoms with Crippen molar-refractivity contribution < 1.29 is 14.3 Å². The van der Waals surface area contributed by atoms with E-state index in [1.54, 1.807) is 11.8 Å². The van der Waals surface area contributed by atoms with E-state index in [-0.39, 0.29) is 17.8 Å². The van der Waals surface area contributed by atoms with Gasteiger partial charge in [0.25, 0.3) is 5.91 Å². The van der Waals surface area contributed by atoms with E-state index in [1.807, 2.05) is 19.1 Å². The number of hydrogen-bond acceptors (Lipinski definition) is 5. The summed E-state index contributed by atoms with van der Waals surface area (Å²) in [5.74, 6) is -0.00319. The number of rotatable bonds is 6. The zero-order chi connectivity index (χ0) is 19.9. The molecule has 2 atom stereocenters. The molecule has 0 bridgehead atoms. The number of amidine groups is 1. The molecule has 0 radical (unpaired) electrons. The number of fused-ring (bicyclic) bond motifs is 1. The normalized spacial score (nSPS) is 22.1. The van der Waals surface area contributed by atoms with Crippen LogP contribution in [0.4, 0.5) is 5.69 Å². The topological polar surface area (TPSA) is 59.0 Å². The molecule has 1 aliphatic heterocycles. The quantitative estimate of drug-likeness (QED) is 0.652. The second-order valence-electron chi connectivity index (χ2n) is 7.35. The van der Waals surface area contributed by atoms with Crippen molar-refractivity contribution in [1.82, 2.24) is 0 Å². The number of nitrogens with zero attached hydrogens (tertiary/aromatic N) is 2. The van der Waals surface area contributed by atoms with Crippen molar-refractivity contribution in [1.29, 1.82) is 0 Å². The van der Waals surface area contributed by atoms with Crippen LogP contribution in [-0.4, -0.2) is 35.4 Å². The van der Waals surface area contributed by atoms with Gasteiger partial charge in [-0.25, -0.2) is 0 Å². The Bertz CT molecular complexity index is 717. The minimum absolute atomic E-state index is 0.0603. The Balaban J connectivity index is 1.69. The molecule has 2 unspecified atom stereocenters. The minimum Gasteiger partial charge on any atom is -0.466 e. The van der Waals surface area contributed by atoms with E-state index >= 15 is 0 Å². The second-order valence-corrected chi connectivity index (χ2v) is 8.56. The molecule has 0 N–H and O–H groups in total. The number of amides is 1. The van der Waals surface area contributed by atoms with Crippen LogP contribution in [0.2, 0.25) is 0 Å². The Morgan fingerprint density at radius 2 is 1.93 bits per heavy atom. The fraction of sp³-hybridized carbons (Fsp3) is 0.591. The molecule has 1 fully saturated rings. The van der Waals surface area contributed by atoms with Gasteiger partial charge in [0.15, 0.2) is 5.17 Å². The highest BCUT2D eigenvalue weighted by molar-refractivity contribution is 8.14. The summed E-state index contributed by atoms with van der Waals surface area (Å²) in [6, 6.07) is 8.19. The van der Waals surface area contributed by atoms with E-state index in [2.05, 4.69) is 28.9 Å². The first kappa shape index (κ1) is 20.9. The monoisotopic (exact) mass is 402 g/mol. The highest BCUT2D eigenvalue weighted by Gasteiger charge is 2.36. The summed E-state index contributed by atoms with van der Waals surface area (Å²) in [6.07, 6.45) is 6.72. The molecule has 0 spiro atoms.